The van der Waals surface area contributed by atoms with Crippen molar-refractivity contribution >= 4 is 11.8 Å². The van der Waals surface area contributed by atoms with Crippen molar-refractivity contribution in [3.8, 4) is 0 Å². The third-order valence-corrected chi connectivity index (χ3v) is 4.06. The van der Waals surface area contributed by atoms with E-state index in [0.29, 0.717) is 0 Å². The molecule has 0 spiro atoms. The number of hydrogen-bond donors (Lipinski definition) is 1. The molecular weight excluding hydrogens is 190 g/mol. The molecule has 0 saturated heterocycles. The molecule has 76 valence electrons. The summed E-state index contributed by atoms with van der Waals surface area (Å²) in [5.41, 5.74) is 2.94. The fraction of sp³-hybridized carbons (Fsp3) is 0.500. The lowest BCUT2D eigenvalue weighted by atomic mass is 10.1. The van der Waals surface area contributed by atoms with Crippen molar-refractivity contribution < 1.29 is 0 Å². The van der Waals surface area contributed by atoms with Crippen LogP contribution in [-0.4, -0.2) is 18.8 Å². The number of fused-ring (bicyclic) bond motifs is 1. The van der Waals surface area contributed by atoms with Crippen LogP contribution in [0.2, 0.25) is 0 Å². The Hall–Kier alpha value is -0.470. The molecule has 0 saturated carbocycles. The minimum absolute atomic E-state index is 0.791. The van der Waals surface area contributed by atoms with Crippen molar-refractivity contribution in [2.75, 3.05) is 13.6 Å². The van der Waals surface area contributed by atoms with Crippen molar-refractivity contribution in [3.63, 3.8) is 0 Å². The van der Waals surface area contributed by atoms with Crippen LogP contribution < -0.4 is 5.32 Å². The summed E-state index contributed by atoms with van der Waals surface area (Å²) >= 11 is 2.04. The van der Waals surface area contributed by atoms with Crippen molar-refractivity contribution in [1.29, 1.82) is 0 Å². The first kappa shape index (κ1) is 10.1. The molecular formula is C12H17NS. The minimum Gasteiger partial charge on any atom is -0.320 e. The van der Waals surface area contributed by atoms with Gasteiger partial charge in [0.15, 0.2) is 0 Å². The highest BCUT2D eigenvalue weighted by Gasteiger charge is 2.21. The Labute approximate surface area is 90.3 Å². The van der Waals surface area contributed by atoms with E-state index in [0.717, 1.165) is 11.8 Å². The predicted octanol–water partition coefficient (Wildman–Crippen LogP) is 2.62. The van der Waals surface area contributed by atoms with Crippen LogP contribution in [-0.2, 0) is 6.42 Å². The smallest absolute Gasteiger partial charge is 0.0147 e. The number of aryl methyl sites for hydroxylation is 1. The fourth-order valence-electron chi connectivity index (χ4n) is 1.92. The molecule has 1 N–H and O–H groups in total. The average Bonchev–Trinajstić information content (AvgIpc) is 2.56. The van der Waals surface area contributed by atoms with E-state index in [-0.39, 0.29) is 0 Å². The van der Waals surface area contributed by atoms with E-state index in [1.165, 1.54) is 23.3 Å². The van der Waals surface area contributed by atoms with Gasteiger partial charge in [0.05, 0.1) is 0 Å². The molecule has 1 nitrogen and oxygen atoms in total. The molecule has 1 atom stereocenters. The molecule has 0 aliphatic carbocycles. The first-order chi connectivity index (χ1) is 6.79. The van der Waals surface area contributed by atoms with Gasteiger partial charge in [-0.25, -0.2) is 0 Å². The molecule has 1 aromatic carbocycles. The first-order valence-corrected chi connectivity index (χ1v) is 6.08. The second-order valence-electron chi connectivity index (χ2n) is 3.95. The van der Waals surface area contributed by atoms with Crippen molar-refractivity contribution in [1.82, 2.24) is 5.32 Å². The molecule has 0 aromatic heterocycles. The van der Waals surface area contributed by atoms with Gasteiger partial charge in [0.25, 0.3) is 0 Å². The summed E-state index contributed by atoms with van der Waals surface area (Å²) in [5.74, 6) is 0. The number of benzene rings is 1. The molecule has 1 aliphatic heterocycles. The fourth-order valence-corrected chi connectivity index (χ4v) is 3.21. The first-order valence-electron chi connectivity index (χ1n) is 5.20. The molecule has 1 unspecified atom stereocenters. The van der Waals surface area contributed by atoms with Gasteiger partial charge in [0.2, 0.25) is 0 Å². The molecule has 0 amide bonds. The zero-order valence-corrected chi connectivity index (χ0v) is 9.66. The summed E-state index contributed by atoms with van der Waals surface area (Å²) in [6.07, 6.45) is 2.53. The zero-order chi connectivity index (χ0) is 9.97. The van der Waals surface area contributed by atoms with Crippen LogP contribution in [0.25, 0.3) is 0 Å². The number of nitrogens with one attached hydrogen (secondary N) is 1. The summed E-state index contributed by atoms with van der Waals surface area (Å²) in [7, 11) is 2.02. The van der Waals surface area contributed by atoms with E-state index in [9.17, 15) is 0 Å². The van der Waals surface area contributed by atoms with Crippen LogP contribution >= 0.6 is 11.8 Å². The topological polar surface area (TPSA) is 12.0 Å². The lowest BCUT2D eigenvalue weighted by molar-refractivity contribution is 0.696. The highest BCUT2D eigenvalue weighted by atomic mass is 32.2. The normalized spacial score (nSPS) is 19.7. The number of thioether (sulfide) groups is 1. The van der Waals surface area contributed by atoms with E-state index >= 15 is 0 Å². The minimum atomic E-state index is 0.791. The number of rotatable bonds is 3. The van der Waals surface area contributed by atoms with Gasteiger partial charge in [-0.15, -0.1) is 11.8 Å². The van der Waals surface area contributed by atoms with E-state index in [2.05, 4.69) is 30.4 Å². The molecule has 2 heteroatoms. The van der Waals surface area contributed by atoms with Crippen LogP contribution in [0.4, 0.5) is 0 Å². The summed E-state index contributed by atoms with van der Waals surface area (Å²) in [6, 6.07) is 6.82. The molecule has 1 heterocycles. The second kappa shape index (κ2) is 4.37. The molecule has 0 bridgehead atoms. The van der Waals surface area contributed by atoms with E-state index < -0.39 is 0 Å². The van der Waals surface area contributed by atoms with Gasteiger partial charge in [-0.1, -0.05) is 17.7 Å². The molecule has 14 heavy (non-hydrogen) atoms. The third kappa shape index (κ3) is 2.12. The van der Waals surface area contributed by atoms with Gasteiger partial charge < -0.3 is 5.32 Å². The third-order valence-electron chi connectivity index (χ3n) is 2.67. The molecule has 0 radical (unpaired) electrons. The van der Waals surface area contributed by atoms with Crippen molar-refractivity contribution in [3.05, 3.63) is 29.3 Å². The Morgan fingerprint density at radius 2 is 2.36 bits per heavy atom. The summed E-state index contributed by atoms with van der Waals surface area (Å²) in [6.45, 7) is 3.30. The maximum absolute atomic E-state index is 3.22. The van der Waals surface area contributed by atoms with Gasteiger partial charge in [-0.3, -0.25) is 0 Å². The van der Waals surface area contributed by atoms with Gasteiger partial charge in [0, 0.05) is 10.1 Å². The summed E-state index contributed by atoms with van der Waals surface area (Å²) < 4.78 is 0. The van der Waals surface area contributed by atoms with Crippen molar-refractivity contribution in [2.45, 2.75) is 29.9 Å². The van der Waals surface area contributed by atoms with Gasteiger partial charge in [-0.2, -0.15) is 0 Å². The SMILES string of the molecule is CNCCC1Cc2cc(C)ccc2S1. The Morgan fingerprint density at radius 3 is 3.14 bits per heavy atom. The van der Waals surface area contributed by atoms with E-state index in [1.54, 1.807) is 5.56 Å². The van der Waals surface area contributed by atoms with Crippen LogP contribution in [0.5, 0.6) is 0 Å². The highest BCUT2D eigenvalue weighted by Crippen LogP contribution is 2.38. The van der Waals surface area contributed by atoms with Crippen LogP contribution in [0.1, 0.15) is 17.5 Å². The predicted molar refractivity (Wildman–Crippen MR) is 63.1 cm³/mol. The summed E-state index contributed by atoms with van der Waals surface area (Å²) in [5, 5.41) is 4.01. The van der Waals surface area contributed by atoms with Gasteiger partial charge >= 0.3 is 0 Å². The molecule has 2 rings (SSSR count). The molecule has 0 fully saturated rings. The highest BCUT2D eigenvalue weighted by molar-refractivity contribution is 8.00. The maximum atomic E-state index is 3.22. The average molecular weight is 207 g/mol. The second-order valence-corrected chi connectivity index (χ2v) is 5.29. The van der Waals surface area contributed by atoms with Crippen LogP contribution in [0.3, 0.4) is 0 Å². The maximum Gasteiger partial charge on any atom is 0.0147 e. The Balaban J connectivity index is 2.03. The van der Waals surface area contributed by atoms with E-state index in [4.69, 9.17) is 0 Å². The van der Waals surface area contributed by atoms with Crippen LogP contribution in [0, 0.1) is 6.92 Å². The van der Waals surface area contributed by atoms with Crippen molar-refractivity contribution in [2.24, 2.45) is 0 Å². The lowest BCUT2D eigenvalue weighted by Gasteiger charge is -2.06. The molecule has 1 aliphatic rings. The largest absolute Gasteiger partial charge is 0.320 e. The monoisotopic (exact) mass is 207 g/mol. The lowest BCUT2D eigenvalue weighted by Crippen LogP contribution is -2.14. The Morgan fingerprint density at radius 1 is 1.50 bits per heavy atom. The number of hydrogen-bond acceptors (Lipinski definition) is 2. The standard InChI is InChI=1S/C12H17NS/c1-9-3-4-12-10(7-9)8-11(14-12)5-6-13-2/h3-4,7,11,13H,5-6,8H2,1-2H3. The van der Waals surface area contributed by atoms with E-state index in [1.807, 2.05) is 18.8 Å². The van der Waals surface area contributed by atoms with Gasteiger partial charge in [-0.05, 0) is 45.0 Å². The zero-order valence-electron chi connectivity index (χ0n) is 8.84. The van der Waals surface area contributed by atoms with Gasteiger partial charge in [0.1, 0.15) is 0 Å². The molecule has 1 aromatic rings. The quantitative estimate of drug-likeness (QED) is 0.817. The Bertz CT molecular complexity index is 322. The summed E-state index contributed by atoms with van der Waals surface area (Å²) in [4.78, 5) is 1.50. The Kier molecular flexibility index (Phi) is 3.14. The van der Waals surface area contributed by atoms with Crippen LogP contribution in [0.15, 0.2) is 23.1 Å².